The smallest absolute Gasteiger partial charge is 0.138 e. The summed E-state index contributed by atoms with van der Waals surface area (Å²) in [7, 11) is 1.65. The van der Waals surface area contributed by atoms with Crippen LogP contribution in [0, 0.1) is 0 Å². The van der Waals surface area contributed by atoms with Crippen LogP contribution in [0.1, 0.15) is 32.1 Å². The van der Waals surface area contributed by atoms with Crippen molar-refractivity contribution in [2.75, 3.05) is 79.8 Å². The Morgan fingerprint density at radius 2 is 1.08 bits per heavy atom. The van der Waals surface area contributed by atoms with Crippen LogP contribution in [0.3, 0.4) is 0 Å². The maximum Gasteiger partial charge on any atom is 0.138 e. The van der Waals surface area contributed by atoms with E-state index in [0.29, 0.717) is 65.5 Å². The fraction of sp³-hybridized carbons (Fsp3) is 1.00. The van der Waals surface area contributed by atoms with E-state index < -0.39 is 5.60 Å². The molecule has 0 rings (SSSR count). The second kappa shape index (κ2) is 19.4. The minimum atomic E-state index is -0.767. The van der Waals surface area contributed by atoms with E-state index >= 15 is 0 Å². The van der Waals surface area contributed by atoms with Gasteiger partial charge in [-0.05, 0) is 32.1 Å². The largest absolute Gasteiger partial charge is 0.396 e. The third-order valence-electron chi connectivity index (χ3n) is 3.59. The Hall–Kier alpha value is -0.320. The summed E-state index contributed by atoms with van der Waals surface area (Å²) in [5.41, 5.74) is -0.767. The average Bonchev–Trinajstić information content (AvgIpc) is 2.65. The molecule has 0 amide bonds. The molecule has 0 aromatic heterocycles. The number of methoxy groups -OCH3 is 1. The van der Waals surface area contributed by atoms with Crippen molar-refractivity contribution in [1.82, 2.24) is 0 Å². The fourth-order valence-electron chi connectivity index (χ4n) is 2.17. The van der Waals surface area contributed by atoms with E-state index in [1.807, 2.05) is 0 Å². The third kappa shape index (κ3) is 14.8. The molecule has 0 bridgehead atoms. The maximum absolute atomic E-state index is 9.02. The molecule has 0 aliphatic rings. The van der Waals surface area contributed by atoms with Gasteiger partial charge in [-0.25, -0.2) is 0 Å². The average molecular weight is 382 g/mol. The molecule has 1 atom stereocenters. The quantitative estimate of drug-likeness (QED) is 0.244. The SMILES string of the molecule is COCCCOCC(COCCCO)(COCCCCO)OCCCO. The van der Waals surface area contributed by atoms with Gasteiger partial charge in [0, 0.05) is 60.0 Å². The predicted molar refractivity (Wildman–Crippen MR) is 97.4 cm³/mol. The summed E-state index contributed by atoms with van der Waals surface area (Å²) in [5.74, 6) is 0. The van der Waals surface area contributed by atoms with Gasteiger partial charge in [-0.2, -0.15) is 0 Å². The molecule has 8 heteroatoms. The molecule has 0 aromatic carbocycles. The van der Waals surface area contributed by atoms with Gasteiger partial charge in [0.05, 0.1) is 19.8 Å². The van der Waals surface area contributed by atoms with E-state index in [-0.39, 0.29) is 26.4 Å². The highest BCUT2D eigenvalue weighted by Crippen LogP contribution is 2.16. The Morgan fingerprint density at radius 1 is 0.577 bits per heavy atom. The van der Waals surface area contributed by atoms with Crippen molar-refractivity contribution < 1.29 is 39.0 Å². The first-order chi connectivity index (χ1) is 12.7. The number of aliphatic hydroxyl groups excluding tert-OH is 3. The van der Waals surface area contributed by atoms with Gasteiger partial charge in [-0.1, -0.05) is 0 Å². The van der Waals surface area contributed by atoms with E-state index in [1.165, 1.54) is 0 Å². The van der Waals surface area contributed by atoms with Crippen molar-refractivity contribution in [1.29, 1.82) is 0 Å². The van der Waals surface area contributed by atoms with Crippen LogP contribution >= 0.6 is 0 Å². The standard InChI is InChI=1S/C18H38O8/c1-22-10-6-13-25-17-18(26-14-5-9-21,16-24-12-4-8-20)15-23-11-3-2-7-19/h19-21H,2-17H2,1H3. The molecule has 0 aliphatic carbocycles. The van der Waals surface area contributed by atoms with E-state index in [0.717, 1.165) is 12.8 Å². The molecule has 26 heavy (non-hydrogen) atoms. The van der Waals surface area contributed by atoms with Crippen LogP contribution in [-0.2, 0) is 23.7 Å². The number of rotatable bonds is 21. The Labute approximate surface area is 157 Å². The maximum atomic E-state index is 9.02. The minimum absolute atomic E-state index is 0.0491. The second-order valence-corrected chi connectivity index (χ2v) is 6.12. The van der Waals surface area contributed by atoms with Gasteiger partial charge < -0.3 is 39.0 Å². The second-order valence-electron chi connectivity index (χ2n) is 6.12. The Morgan fingerprint density at radius 3 is 1.62 bits per heavy atom. The van der Waals surface area contributed by atoms with Gasteiger partial charge in [0.2, 0.25) is 0 Å². The highest BCUT2D eigenvalue weighted by atomic mass is 16.6. The number of aliphatic hydroxyl groups is 3. The number of hydrogen-bond donors (Lipinski definition) is 3. The lowest BCUT2D eigenvalue weighted by Crippen LogP contribution is -2.48. The van der Waals surface area contributed by atoms with Gasteiger partial charge in [-0.15, -0.1) is 0 Å². The minimum Gasteiger partial charge on any atom is -0.396 e. The first-order valence-electron chi connectivity index (χ1n) is 9.43. The molecule has 0 saturated carbocycles. The summed E-state index contributed by atoms with van der Waals surface area (Å²) in [6, 6.07) is 0. The van der Waals surface area contributed by atoms with E-state index in [2.05, 4.69) is 0 Å². The normalized spacial score (nSPS) is 13.8. The summed E-state index contributed by atoms with van der Waals surface area (Å²) >= 11 is 0. The molecule has 0 fully saturated rings. The molecule has 8 nitrogen and oxygen atoms in total. The first-order valence-corrected chi connectivity index (χ1v) is 9.43. The van der Waals surface area contributed by atoms with Crippen molar-refractivity contribution in [2.24, 2.45) is 0 Å². The van der Waals surface area contributed by atoms with E-state index in [1.54, 1.807) is 7.11 Å². The van der Waals surface area contributed by atoms with Gasteiger partial charge in [0.15, 0.2) is 0 Å². The van der Waals surface area contributed by atoms with Crippen LogP contribution in [-0.4, -0.2) is 101 Å². The molecule has 0 aliphatic heterocycles. The Balaban J connectivity index is 4.59. The molecule has 0 radical (unpaired) electrons. The molecule has 158 valence electrons. The third-order valence-corrected chi connectivity index (χ3v) is 3.59. The zero-order chi connectivity index (χ0) is 19.3. The van der Waals surface area contributed by atoms with Gasteiger partial charge in [-0.3, -0.25) is 0 Å². The number of hydrogen-bond acceptors (Lipinski definition) is 8. The molecular formula is C18H38O8. The van der Waals surface area contributed by atoms with Crippen molar-refractivity contribution in [3.8, 4) is 0 Å². The fourth-order valence-corrected chi connectivity index (χ4v) is 2.17. The number of unbranched alkanes of at least 4 members (excludes halogenated alkanes) is 1. The van der Waals surface area contributed by atoms with Crippen molar-refractivity contribution >= 4 is 0 Å². The van der Waals surface area contributed by atoms with E-state index in [9.17, 15) is 0 Å². The van der Waals surface area contributed by atoms with Crippen molar-refractivity contribution in [2.45, 2.75) is 37.7 Å². The van der Waals surface area contributed by atoms with Crippen LogP contribution in [0.25, 0.3) is 0 Å². The van der Waals surface area contributed by atoms with Crippen LogP contribution < -0.4 is 0 Å². The molecule has 3 N–H and O–H groups in total. The molecule has 0 saturated heterocycles. The van der Waals surface area contributed by atoms with Gasteiger partial charge in [0.1, 0.15) is 5.60 Å². The summed E-state index contributed by atoms with van der Waals surface area (Å²) in [4.78, 5) is 0. The summed E-state index contributed by atoms with van der Waals surface area (Å²) in [6.45, 7) is 3.65. The molecule has 0 aromatic rings. The lowest BCUT2D eigenvalue weighted by atomic mass is 10.1. The topological polar surface area (TPSA) is 107 Å². The van der Waals surface area contributed by atoms with Crippen LogP contribution in [0.4, 0.5) is 0 Å². The lowest BCUT2D eigenvalue weighted by Gasteiger charge is -2.33. The highest BCUT2D eigenvalue weighted by Gasteiger charge is 2.32. The molecular weight excluding hydrogens is 344 g/mol. The summed E-state index contributed by atoms with van der Waals surface area (Å²) < 4.78 is 28.1. The summed E-state index contributed by atoms with van der Waals surface area (Å²) in [5, 5.41) is 26.8. The van der Waals surface area contributed by atoms with Gasteiger partial charge in [0.25, 0.3) is 0 Å². The monoisotopic (exact) mass is 382 g/mol. The molecule has 1 unspecified atom stereocenters. The summed E-state index contributed by atoms with van der Waals surface area (Å²) in [6.07, 6.45) is 3.32. The van der Waals surface area contributed by atoms with Crippen molar-refractivity contribution in [3.05, 3.63) is 0 Å². The molecule has 0 heterocycles. The predicted octanol–water partition coefficient (Wildman–Crippen LogP) is 0.365. The van der Waals surface area contributed by atoms with Crippen LogP contribution in [0.2, 0.25) is 0 Å². The molecule has 0 spiro atoms. The van der Waals surface area contributed by atoms with Crippen LogP contribution in [0.15, 0.2) is 0 Å². The Kier molecular flexibility index (Phi) is 19.2. The number of ether oxygens (including phenoxy) is 5. The zero-order valence-corrected chi connectivity index (χ0v) is 16.2. The Bertz CT molecular complexity index is 264. The lowest BCUT2D eigenvalue weighted by molar-refractivity contribution is -0.169. The van der Waals surface area contributed by atoms with E-state index in [4.69, 9.17) is 39.0 Å². The first kappa shape index (κ1) is 25.7. The van der Waals surface area contributed by atoms with Crippen molar-refractivity contribution in [3.63, 3.8) is 0 Å². The van der Waals surface area contributed by atoms with Gasteiger partial charge >= 0.3 is 0 Å². The zero-order valence-electron chi connectivity index (χ0n) is 16.2. The van der Waals surface area contributed by atoms with Crippen LogP contribution in [0.5, 0.6) is 0 Å². The highest BCUT2D eigenvalue weighted by molar-refractivity contribution is 4.81.